The van der Waals surface area contributed by atoms with Crippen LogP contribution in [-0.4, -0.2) is 46.9 Å². The van der Waals surface area contributed by atoms with Gasteiger partial charge in [0.05, 0.1) is 0 Å². The summed E-state index contributed by atoms with van der Waals surface area (Å²) in [4.78, 5) is 50.1. The van der Waals surface area contributed by atoms with Gasteiger partial charge >= 0.3 is 12.0 Å². The molecule has 2 aliphatic rings. The average Bonchev–Trinajstić information content (AvgIpc) is 3.23. The number of urea groups is 1. The number of nitrogens with zero attached hydrogens (tertiary/aromatic N) is 1. The SMILES string of the molecule is CC(C)c1ccc(NC(=O)[C@H](C)OC(=O)CN2C(=O)NC3(CCCC3)C2=O)cc1. The maximum atomic E-state index is 12.6. The number of rotatable bonds is 6. The number of ether oxygens (including phenoxy) is 1. The van der Waals surface area contributed by atoms with E-state index in [2.05, 4.69) is 24.5 Å². The smallest absolute Gasteiger partial charge is 0.327 e. The lowest BCUT2D eigenvalue weighted by Crippen LogP contribution is -2.44. The highest BCUT2D eigenvalue weighted by Crippen LogP contribution is 2.34. The van der Waals surface area contributed by atoms with E-state index in [-0.39, 0.29) is 5.91 Å². The Bertz CT molecular complexity index is 812. The van der Waals surface area contributed by atoms with Crippen LogP contribution in [0.15, 0.2) is 24.3 Å². The Morgan fingerprint density at radius 1 is 1.14 bits per heavy atom. The predicted molar refractivity (Wildman–Crippen MR) is 106 cm³/mol. The molecule has 0 aromatic heterocycles. The molecule has 1 aliphatic heterocycles. The molecule has 0 radical (unpaired) electrons. The van der Waals surface area contributed by atoms with Crippen LogP contribution >= 0.6 is 0 Å². The van der Waals surface area contributed by atoms with Gasteiger partial charge in [-0.05, 0) is 43.4 Å². The van der Waals surface area contributed by atoms with Gasteiger partial charge in [0, 0.05) is 5.69 Å². The third-order valence-electron chi connectivity index (χ3n) is 5.51. The van der Waals surface area contributed by atoms with Crippen LogP contribution in [0, 0.1) is 0 Å². The second-order valence-electron chi connectivity index (χ2n) is 8.01. The van der Waals surface area contributed by atoms with Gasteiger partial charge in [-0.2, -0.15) is 0 Å². The molecule has 8 heteroatoms. The van der Waals surface area contributed by atoms with Gasteiger partial charge in [0.1, 0.15) is 12.1 Å². The predicted octanol–water partition coefficient (Wildman–Crippen LogP) is 2.54. The standard InChI is InChI=1S/C21H27N3O5/c1-13(2)15-6-8-16(9-7-15)22-18(26)14(3)29-17(25)12-24-19(27)21(23-20(24)28)10-4-5-11-21/h6-9,13-14H,4-5,10-12H2,1-3H3,(H,22,26)(H,23,28)/t14-/m0/s1. The largest absolute Gasteiger partial charge is 0.451 e. The summed E-state index contributed by atoms with van der Waals surface area (Å²) in [6, 6.07) is 6.84. The van der Waals surface area contributed by atoms with E-state index in [1.807, 2.05) is 12.1 Å². The van der Waals surface area contributed by atoms with Crippen molar-refractivity contribution < 1.29 is 23.9 Å². The van der Waals surface area contributed by atoms with Gasteiger partial charge in [-0.15, -0.1) is 0 Å². The summed E-state index contributed by atoms with van der Waals surface area (Å²) in [6.07, 6.45) is 1.82. The molecule has 1 aromatic rings. The summed E-state index contributed by atoms with van der Waals surface area (Å²) in [5.74, 6) is -1.30. The monoisotopic (exact) mass is 401 g/mol. The molecule has 2 N–H and O–H groups in total. The number of nitrogens with one attached hydrogen (secondary N) is 2. The van der Waals surface area contributed by atoms with Crippen LogP contribution in [0.2, 0.25) is 0 Å². The Morgan fingerprint density at radius 2 is 1.76 bits per heavy atom. The van der Waals surface area contributed by atoms with Gasteiger partial charge in [-0.1, -0.05) is 38.8 Å². The van der Waals surface area contributed by atoms with Gasteiger partial charge in [-0.25, -0.2) is 4.79 Å². The number of anilines is 1. The third-order valence-corrected chi connectivity index (χ3v) is 5.51. The maximum Gasteiger partial charge on any atom is 0.327 e. The number of benzene rings is 1. The minimum Gasteiger partial charge on any atom is -0.451 e. The number of esters is 1. The first kappa shape index (κ1) is 20.8. The topological polar surface area (TPSA) is 105 Å². The number of hydrogen-bond donors (Lipinski definition) is 2. The van der Waals surface area contributed by atoms with Crippen LogP contribution in [0.25, 0.3) is 0 Å². The van der Waals surface area contributed by atoms with Gasteiger partial charge in [0.15, 0.2) is 6.10 Å². The lowest BCUT2D eigenvalue weighted by atomic mass is 9.98. The van der Waals surface area contributed by atoms with Gasteiger partial charge in [-0.3, -0.25) is 19.3 Å². The van der Waals surface area contributed by atoms with Crippen molar-refractivity contribution in [2.75, 3.05) is 11.9 Å². The molecule has 1 aromatic carbocycles. The second-order valence-corrected chi connectivity index (χ2v) is 8.01. The molecule has 1 saturated carbocycles. The Balaban J connectivity index is 1.52. The number of amides is 4. The maximum absolute atomic E-state index is 12.6. The minimum atomic E-state index is -1.06. The number of carbonyl (C=O) groups excluding carboxylic acids is 4. The average molecular weight is 401 g/mol. The van der Waals surface area contributed by atoms with Crippen LogP contribution in [0.3, 0.4) is 0 Å². The van der Waals surface area contributed by atoms with Crippen molar-refractivity contribution >= 4 is 29.5 Å². The Kier molecular flexibility index (Phi) is 5.91. The number of imide groups is 1. The van der Waals surface area contributed by atoms with Crippen LogP contribution < -0.4 is 10.6 Å². The van der Waals surface area contributed by atoms with Crippen molar-refractivity contribution in [3.05, 3.63) is 29.8 Å². The van der Waals surface area contributed by atoms with E-state index >= 15 is 0 Å². The van der Waals surface area contributed by atoms with Crippen molar-refractivity contribution in [3.8, 4) is 0 Å². The molecule has 1 spiro atoms. The number of hydrogen-bond acceptors (Lipinski definition) is 5. The van der Waals surface area contributed by atoms with E-state index in [0.29, 0.717) is 24.4 Å². The summed E-state index contributed by atoms with van der Waals surface area (Å²) < 4.78 is 5.13. The molecule has 1 saturated heterocycles. The molecule has 0 unspecified atom stereocenters. The highest BCUT2D eigenvalue weighted by atomic mass is 16.5. The Morgan fingerprint density at radius 3 is 2.34 bits per heavy atom. The summed E-state index contributed by atoms with van der Waals surface area (Å²) in [5, 5.41) is 5.39. The summed E-state index contributed by atoms with van der Waals surface area (Å²) in [7, 11) is 0. The summed E-state index contributed by atoms with van der Waals surface area (Å²) in [6.45, 7) is 5.09. The Labute approximate surface area is 170 Å². The van der Waals surface area contributed by atoms with Crippen molar-refractivity contribution in [2.45, 2.75) is 64.0 Å². The van der Waals surface area contributed by atoms with Gasteiger partial charge in [0.25, 0.3) is 11.8 Å². The first-order valence-corrected chi connectivity index (χ1v) is 9.96. The fraction of sp³-hybridized carbons (Fsp3) is 0.524. The fourth-order valence-electron chi connectivity index (χ4n) is 3.75. The van der Waals surface area contributed by atoms with Crippen molar-refractivity contribution in [1.29, 1.82) is 0 Å². The van der Waals surface area contributed by atoms with E-state index in [9.17, 15) is 19.2 Å². The normalized spacial score (nSPS) is 18.8. The quantitative estimate of drug-likeness (QED) is 0.563. The second kappa shape index (κ2) is 8.23. The number of carbonyl (C=O) groups is 4. The molecular weight excluding hydrogens is 374 g/mol. The van der Waals surface area contributed by atoms with Crippen LogP contribution in [0.5, 0.6) is 0 Å². The van der Waals surface area contributed by atoms with E-state index in [4.69, 9.17) is 4.74 Å². The highest BCUT2D eigenvalue weighted by molar-refractivity contribution is 6.09. The summed E-state index contributed by atoms with van der Waals surface area (Å²) in [5.41, 5.74) is 0.873. The summed E-state index contributed by atoms with van der Waals surface area (Å²) >= 11 is 0. The van der Waals surface area contributed by atoms with Gasteiger partial charge in [0.2, 0.25) is 0 Å². The van der Waals surface area contributed by atoms with Crippen LogP contribution in [-0.2, 0) is 19.1 Å². The molecule has 29 heavy (non-hydrogen) atoms. The molecule has 1 heterocycles. The van der Waals surface area contributed by atoms with Crippen molar-refractivity contribution in [2.24, 2.45) is 0 Å². The molecular formula is C21H27N3O5. The molecule has 4 amide bonds. The van der Waals surface area contributed by atoms with Crippen molar-refractivity contribution in [1.82, 2.24) is 10.2 Å². The van der Waals surface area contributed by atoms with Crippen LogP contribution in [0.4, 0.5) is 10.5 Å². The molecule has 3 rings (SSSR count). The molecule has 2 fully saturated rings. The lowest BCUT2D eigenvalue weighted by molar-refractivity contribution is -0.155. The first-order chi connectivity index (χ1) is 13.7. The Hall–Kier alpha value is -2.90. The third kappa shape index (κ3) is 4.41. The zero-order valence-electron chi connectivity index (χ0n) is 17.0. The fourth-order valence-corrected chi connectivity index (χ4v) is 3.75. The lowest BCUT2D eigenvalue weighted by Gasteiger charge is -2.20. The molecule has 1 atom stereocenters. The van der Waals surface area contributed by atoms with E-state index in [1.165, 1.54) is 6.92 Å². The van der Waals surface area contributed by atoms with Crippen molar-refractivity contribution in [3.63, 3.8) is 0 Å². The molecule has 1 aliphatic carbocycles. The highest BCUT2D eigenvalue weighted by Gasteiger charge is 2.52. The molecule has 8 nitrogen and oxygen atoms in total. The van der Waals surface area contributed by atoms with E-state index in [1.54, 1.807) is 12.1 Å². The molecule has 156 valence electrons. The molecule has 0 bridgehead atoms. The first-order valence-electron chi connectivity index (χ1n) is 9.96. The zero-order chi connectivity index (χ0) is 21.2. The van der Waals surface area contributed by atoms with E-state index < -0.39 is 36.1 Å². The zero-order valence-corrected chi connectivity index (χ0v) is 17.0. The minimum absolute atomic E-state index is 0.383. The van der Waals surface area contributed by atoms with Crippen LogP contribution in [0.1, 0.15) is 57.9 Å². The van der Waals surface area contributed by atoms with Gasteiger partial charge < -0.3 is 15.4 Å². The van der Waals surface area contributed by atoms with E-state index in [0.717, 1.165) is 23.3 Å².